The lowest BCUT2D eigenvalue weighted by Gasteiger charge is -2.06. The molecule has 1 amide bonds. The average molecular weight is 287 g/mol. The fraction of sp³-hybridized carbons (Fsp3) is 0.143. The number of carbonyl (C=O) groups is 1. The molecule has 0 aliphatic rings. The molecule has 108 valence electrons. The third kappa shape index (κ3) is 3.75. The minimum Gasteiger partial charge on any atom is -0.481 e. The number of pyridine rings is 1. The van der Waals surface area contributed by atoms with Gasteiger partial charge in [0.1, 0.15) is 0 Å². The average Bonchev–Trinajstić information content (AvgIpc) is 2.53. The summed E-state index contributed by atoms with van der Waals surface area (Å²) in [6, 6.07) is 8.91. The van der Waals surface area contributed by atoms with Crippen LogP contribution in [0.2, 0.25) is 0 Å². The van der Waals surface area contributed by atoms with E-state index in [-0.39, 0.29) is 11.6 Å². The Hall–Kier alpha value is -2.96. The van der Waals surface area contributed by atoms with Gasteiger partial charge in [0.2, 0.25) is 5.88 Å². The standard InChI is InChI=1S/C14H13N3O4/c1-21-13-8-10(6-7-15-13)9-16-14(18)11-2-4-12(5-3-11)17(19)20/h2-8H,9H2,1H3,(H,16,18). The fourth-order valence-electron chi connectivity index (χ4n) is 1.69. The first kappa shape index (κ1) is 14.4. The first-order valence-electron chi connectivity index (χ1n) is 6.11. The maximum atomic E-state index is 11.9. The Kier molecular flexibility index (Phi) is 4.45. The van der Waals surface area contributed by atoms with Crippen molar-refractivity contribution in [1.82, 2.24) is 10.3 Å². The van der Waals surface area contributed by atoms with Crippen molar-refractivity contribution < 1.29 is 14.5 Å². The molecule has 0 atom stereocenters. The van der Waals surface area contributed by atoms with Gasteiger partial charge in [-0.15, -0.1) is 0 Å². The van der Waals surface area contributed by atoms with Crippen LogP contribution >= 0.6 is 0 Å². The van der Waals surface area contributed by atoms with Crippen molar-refractivity contribution in [3.63, 3.8) is 0 Å². The number of methoxy groups -OCH3 is 1. The lowest BCUT2D eigenvalue weighted by molar-refractivity contribution is -0.384. The normalized spacial score (nSPS) is 9.95. The number of hydrogen-bond acceptors (Lipinski definition) is 5. The van der Waals surface area contributed by atoms with Crippen LogP contribution in [0.3, 0.4) is 0 Å². The van der Waals surface area contributed by atoms with Crippen molar-refractivity contribution in [3.05, 3.63) is 63.8 Å². The van der Waals surface area contributed by atoms with Crippen molar-refractivity contribution >= 4 is 11.6 Å². The van der Waals surface area contributed by atoms with Crippen molar-refractivity contribution in [1.29, 1.82) is 0 Å². The Morgan fingerprint density at radius 3 is 2.67 bits per heavy atom. The molecule has 2 rings (SSSR count). The second-order valence-corrected chi connectivity index (χ2v) is 4.19. The molecule has 7 heteroatoms. The minimum absolute atomic E-state index is 0.0505. The quantitative estimate of drug-likeness (QED) is 0.669. The lowest BCUT2D eigenvalue weighted by atomic mass is 10.2. The number of amides is 1. The molecule has 0 fully saturated rings. The molecule has 21 heavy (non-hydrogen) atoms. The molecule has 0 unspecified atom stereocenters. The van der Waals surface area contributed by atoms with E-state index in [9.17, 15) is 14.9 Å². The summed E-state index contributed by atoms with van der Waals surface area (Å²) in [6.07, 6.45) is 1.59. The largest absolute Gasteiger partial charge is 0.481 e. The van der Waals surface area contributed by atoms with E-state index in [1.54, 1.807) is 18.3 Å². The van der Waals surface area contributed by atoms with E-state index in [4.69, 9.17) is 4.74 Å². The predicted molar refractivity (Wildman–Crippen MR) is 75.1 cm³/mol. The van der Waals surface area contributed by atoms with Gasteiger partial charge in [0.05, 0.1) is 12.0 Å². The maximum Gasteiger partial charge on any atom is 0.269 e. The highest BCUT2D eigenvalue weighted by molar-refractivity contribution is 5.94. The molecule has 0 bridgehead atoms. The summed E-state index contributed by atoms with van der Waals surface area (Å²) >= 11 is 0. The number of nitrogens with zero attached hydrogens (tertiary/aromatic N) is 2. The summed E-state index contributed by atoms with van der Waals surface area (Å²) in [6.45, 7) is 0.314. The van der Waals surface area contributed by atoms with E-state index in [1.165, 1.54) is 31.4 Å². The maximum absolute atomic E-state index is 11.9. The SMILES string of the molecule is COc1cc(CNC(=O)c2ccc([N+](=O)[O-])cc2)ccn1. The Morgan fingerprint density at radius 1 is 1.33 bits per heavy atom. The fourth-order valence-corrected chi connectivity index (χ4v) is 1.69. The van der Waals surface area contributed by atoms with Crippen LogP contribution < -0.4 is 10.1 Å². The van der Waals surface area contributed by atoms with Crippen molar-refractivity contribution in [3.8, 4) is 5.88 Å². The summed E-state index contributed by atoms with van der Waals surface area (Å²) in [4.78, 5) is 25.9. The molecule has 1 N–H and O–H groups in total. The summed E-state index contributed by atoms with van der Waals surface area (Å²) in [5.41, 5.74) is 1.16. The van der Waals surface area contributed by atoms with Crippen molar-refractivity contribution in [2.45, 2.75) is 6.54 Å². The van der Waals surface area contributed by atoms with Crippen molar-refractivity contribution in [2.75, 3.05) is 7.11 Å². The van der Waals surface area contributed by atoms with E-state index >= 15 is 0 Å². The Balaban J connectivity index is 1.99. The first-order chi connectivity index (χ1) is 10.1. The van der Waals surface area contributed by atoms with E-state index in [1.807, 2.05) is 0 Å². The van der Waals surface area contributed by atoms with E-state index in [2.05, 4.69) is 10.3 Å². The Morgan fingerprint density at radius 2 is 2.05 bits per heavy atom. The smallest absolute Gasteiger partial charge is 0.269 e. The number of nitro benzene ring substituents is 1. The molecule has 0 saturated carbocycles. The molecule has 7 nitrogen and oxygen atoms in total. The van der Waals surface area contributed by atoms with Gasteiger partial charge < -0.3 is 10.1 Å². The van der Waals surface area contributed by atoms with Gasteiger partial charge in [-0.1, -0.05) is 0 Å². The molecular formula is C14H13N3O4. The summed E-state index contributed by atoms with van der Waals surface area (Å²) in [5, 5.41) is 13.3. The predicted octanol–water partition coefficient (Wildman–Crippen LogP) is 1.93. The van der Waals surface area contributed by atoms with Gasteiger partial charge in [0, 0.05) is 36.5 Å². The Labute approximate surface area is 120 Å². The third-order valence-corrected chi connectivity index (χ3v) is 2.80. The number of benzene rings is 1. The second kappa shape index (κ2) is 6.47. The zero-order chi connectivity index (χ0) is 15.2. The van der Waals surface area contributed by atoms with Crippen LogP contribution in [0.1, 0.15) is 15.9 Å². The molecule has 1 aromatic carbocycles. The Bertz CT molecular complexity index is 656. The molecular weight excluding hydrogens is 274 g/mol. The topological polar surface area (TPSA) is 94.4 Å². The second-order valence-electron chi connectivity index (χ2n) is 4.19. The number of non-ortho nitro benzene ring substituents is 1. The van der Waals surface area contributed by atoms with Crippen LogP contribution in [0.15, 0.2) is 42.6 Å². The molecule has 0 spiro atoms. The zero-order valence-corrected chi connectivity index (χ0v) is 11.3. The first-order valence-corrected chi connectivity index (χ1v) is 6.11. The van der Waals surface area contributed by atoms with Gasteiger partial charge in [0.25, 0.3) is 11.6 Å². The van der Waals surface area contributed by atoms with Crippen LogP contribution in [0.25, 0.3) is 0 Å². The molecule has 0 aliphatic carbocycles. The summed E-state index contributed by atoms with van der Waals surface area (Å²) in [7, 11) is 1.52. The van der Waals surface area contributed by atoms with Gasteiger partial charge in [-0.3, -0.25) is 14.9 Å². The number of carbonyl (C=O) groups excluding carboxylic acids is 1. The molecule has 1 aromatic heterocycles. The number of rotatable bonds is 5. The van der Waals surface area contributed by atoms with Gasteiger partial charge in [-0.25, -0.2) is 4.98 Å². The van der Waals surface area contributed by atoms with Crippen LogP contribution in [0, 0.1) is 10.1 Å². The van der Waals surface area contributed by atoms with E-state index in [0.29, 0.717) is 18.0 Å². The number of aromatic nitrogens is 1. The van der Waals surface area contributed by atoms with Crippen LogP contribution in [0.5, 0.6) is 5.88 Å². The molecule has 2 aromatic rings. The number of hydrogen-bond donors (Lipinski definition) is 1. The summed E-state index contributed by atoms with van der Waals surface area (Å²) < 4.78 is 4.99. The number of ether oxygens (including phenoxy) is 1. The highest BCUT2D eigenvalue weighted by atomic mass is 16.6. The lowest BCUT2D eigenvalue weighted by Crippen LogP contribution is -2.22. The highest BCUT2D eigenvalue weighted by Crippen LogP contribution is 2.12. The van der Waals surface area contributed by atoms with Crippen LogP contribution in [-0.2, 0) is 6.54 Å². The zero-order valence-electron chi connectivity index (χ0n) is 11.3. The van der Waals surface area contributed by atoms with Gasteiger partial charge >= 0.3 is 0 Å². The molecule has 0 saturated heterocycles. The minimum atomic E-state index is -0.509. The van der Waals surface area contributed by atoms with E-state index < -0.39 is 4.92 Å². The van der Waals surface area contributed by atoms with Gasteiger partial charge in [-0.2, -0.15) is 0 Å². The van der Waals surface area contributed by atoms with Gasteiger partial charge in [-0.05, 0) is 23.8 Å². The van der Waals surface area contributed by atoms with Crippen molar-refractivity contribution in [2.24, 2.45) is 0 Å². The summed E-state index contributed by atoms with van der Waals surface area (Å²) in [5.74, 6) is 0.165. The van der Waals surface area contributed by atoms with Gasteiger partial charge in [0.15, 0.2) is 0 Å². The number of nitro groups is 1. The monoisotopic (exact) mass is 287 g/mol. The molecule has 1 heterocycles. The number of nitrogens with one attached hydrogen (secondary N) is 1. The van der Waals surface area contributed by atoms with E-state index in [0.717, 1.165) is 5.56 Å². The van der Waals surface area contributed by atoms with Crippen LogP contribution in [-0.4, -0.2) is 22.9 Å². The molecule has 0 radical (unpaired) electrons. The highest BCUT2D eigenvalue weighted by Gasteiger charge is 2.09. The third-order valence-electron chi connectivity index (χ3n) is 2.80. The van der Waals surface area contributed by atoms with Crippen LogP contribution in [0.4, 0.5) is 5.69 Å². The molecule has 0 aliphatic heterocycles.